The first kappa shape index (κ1) is 16.2. The average molecular weight is 343 g/mol. The summed E-state index contributed by atoms with van der Waals surface area (Å²) in [7, 11) is -3.94. The standard InChI is InChI=1S/C17H16N2O4S/c20-17(21)16(19-24(22,23)13-6-2-1-3-7-13)10-12-11-18-15-9-5-4-8-14(12)15/h1-9,11,16,18-19H,10H2,(H,20,21)/p-1/t16-/m0/s1. The summed E-state index contributed by atoms with van der Waals surface area (Å²) in [6.07, 6.45) is 1.66. The van der Waals surface area contributed by atoms with Gasteiger partial charge in [-0.2, -0.15) is 0 Å². The summed E-state index contributed by atoms with van der Waals surface area (Å²) in [5.41, 5.74) is 1.56. The van der Waals surface area contributed by atoms with Crippen LogP contribution in [0, 0.1) is 0 Å². The number of nitrogens with one attached hydrogen (secondary N) is 2. The number of rotatable bonds is 6. The van der Waals surface area contributed by atoms with Crippen molar-refractivity contribution in [3.05, 3.63) is 66.4 Å². The van der Waals surface area contributed by atoms with E-state index in [0.717, 1.165) is 10.9 Å². The highest BCUT2D eigenvalue weighted by Gasteiger charge is 2.22. The maximum absolute atomic E-state index is 12.3. The van der Waals surface area contributed by atoms with E-state index in [1.165, 1.54) is 12.1 Å². The van der Waals surface area contributed by atoms with Gasteiger partial charge < -0.3 is 14.9 Å². The molecule has 0 aliphatic carbocycles. The van der Waals surface area contributed by atoms with Gasteiger partial charge >= 0.3 is 0 Å². The third-order valence-electron chi connectivity index (χ3n) is 3.73. The van der Waals surface area contributed by atoms with Gasteiger partial charge in [0.25, 0.3) is 0 Å². The zero-order chi connectivity index (χ0) is 17.2. The van der Waals surface area contributed by atoms with E-state index < -0.39 is 22.0 Å². The van der Waals surface area contributed by atoms with Crippen LogP contribution in [-0.2, 0) is 21.2 Å². The van der Waals surface area contributed by atoms with E-state index in [-0.39, 0.29) is 11.3 Å². The van der Waals surface area contributed by atoms with Crippen LogP contribution in [0.3, 0.4) is 0 Å². The number of fused-ring (bicyclic) bond motifs is 1. The Bertz CT molecular complexity index is 964. The van der Waals surface area contributed by atoms with Crippen molar-refractivity contribution < 1.29 is 18.3 Å². The lowest BCUT2D eigenvalue weighted by atomic mass is 10.1. The fourth-order valence-corrected chi connectivity index (χ4v) is 3.75. The summed E-state index contributed by atoms with van der Waals surface area (Å²) >= 11 is 0. The van der Waals surface area contributed by atoms with Crippen LogP contribution in [0.2, 0.25) is 0 Å². The molecule has 0 saturated carbocycles. The Kier molecular flexibility index (Phi) is 4.37. The van der Waals surface area contributed by atoms with Crippen molar-refractivity contribution in [1.82, 2.24) is 9.71 Å². The minimum absolute atomic E-state index is 0.00942. The van der Waals surface area contributed by atoms with Crippen LogP contribution in [0.4, 0.5) is 0 Å². The van der Waals surface area contributed by atoms with Gasteiger partial charge in [0.2, 0.25) is 10.0 Å². The predicted octanol–water partition coefficient (Wildman–Crippen LogP) is 0.807. The van der Waals surface area contributed by atoms with E-state index in [0.29, 0.717) is 5.56 Å². The van der Waals surface area contributed by atoms with Crippen LogP contribution < -0.4 is 9.83 Å². The van der Waals surface area contributed by atoms with Gasteiger partial charge in [-0.15, -0.1) is 0 Å². The predicted molar refractivity (Wildman–Crippen MR) is 87.6 cm³/mol. The lowest BCUT2D eigenvalue weighted by Gasteiger charge is -2.19. The van der Waals surface area contributed by atoms with E-state index in [1.807, 2.05) is 24.3 Å². The molecule has 0 spiro atoms. The van der Waals surface area contributed by atoms with Crippen LogP contribution >= 0.6 is 0 Å². The van der Waals surface area contributed by atoms with Crippen molar-refractivity contribution in [2.45, 2.75) is 17.4 Å². The number of benzene rings is 2. The second-order valence-electron chi connectivity index (χ2n) is 5.37. The first-order chi connectivity index (χ1) is 11.5. The topological polar surface area (TPSA) is 102 Å². The van der Waals surface area contributed by atoms with E-state index in [9.17, 15) is 18.3 Å². The number of carbonyl (C=O) groups is 1. The number of aliphatic carboxylic acids is 1. The fourth-order valence-electron chi connectivity index (χ4n) is 2.55. The molecule has 3 rings (SSSR count). The average Bonchev–Trinajstić information content (AvgIpc) is 2.98. The summed E-state index contributed by atoms with van der Waals surface area (Å²) in [6, 6.07) is 13.7. The molecule has 0 aliphatic rings. The summed E-state index contributed by atoms with van der Waals surface area (Å²) in [5.74, 6) is -1.47. The van der Waals surface area contributed by atoms with Crippen molar-refractivity contribution in [1.29, 1.82) is 0 Å². The number of aromatic nitrogens is 1. The number of para-hydroxylation sites is 1. The van der Waals surface area contributed by atoms with Gasteiger partial charge in [-0.3, -0.25) is 0 Å². The summed E-state index contributed by atoms with van der Waals surface area (Å²) in [5, 5.41) is 12.3. The molecule has 0 aliphatic heterocycles. The maximum atomic E-state index is 12.3. The molecule has 3 aromatic rings. The van der Waals surface area contributed by atoms with Gasteiger partial charge in [0.1, 0.15) is 0 Å². The number of carboxylic acids is 1. The normalized spacial score (nSPS) is 13.0. The Morgan fingerprint density at radius 3 is 2.46 bits per heavy atom. The van der Waals surface area contributed by atoms with Crippen LogP contribution in [0.1, 0.15) is 5.56 Å². The molecule has 0 saturated heterocycles. The van der Waals surface area contributed by atoms with E-state index in [2.05, 4.69) is 9.71 Å². The Balaban J connectivity index is 1.87. The van der Waals surface area contributed by atoms with Gasteiger partial charge in [-0.05, 0) is 30.2 Å². The number of sulfonamides is 1. The zero-order valence-electron chi connectivity index (χ0n) is 12.6. The van der Waals surface area contributed by atoms with Crippen molar-refractivity contribution in [2.24, 2.45) is 0 Å². The largest absolute Gasteiger partial charge is 0.548 e. The lowest BCUT2D eigenvalue weighted by molar-refractivity contribution is -0.307. The molecule has 0 bridgehead atoms. The number of aromatic amines is 1. The third kappa shape index (κ3) is 3.32. The van der Waals surface area contributed by atoms with Crippen molar-refractivity contribution >= 4 is 26.9 Å². The number of carboxylic acid groups (broad SMARTS) is 1. The summed E-state index contributed by atoms with van der Waals surface area (Å²) in [4.78, 5) is 14.5. The van der Waals surface area contributed by atoms with Crippen molar-refractivity contribution in [3.63, 3.8) is 0 Å². The molecule has 0 fully saturated rings. The molecular formula is C17H15N2O4S-. The SMILES string of the molecule is O=C([O-])[C@H](Cc1c[nH]c2ccccc12)NS(=O)(=O)c1ccccc1. The molecule has 6 nitrogen and oxygen atoms in total. The maximum Gasteiger partial charge on any atom is 0.241 e. The van der Waals surface area contributed by atoms with Gasteiger partial charge in [0.15, 0.2) is 0 Å². The Morgan fingerprint density at radius 2 is 1.75 bits per heavy atom. The minimum Gasteiger partial charge on any atom is -0.548 e. The third-order valence-corrected chi connectivity index (χ3v) is 5.22. The van der Waals surface area contributed by atoms with Gasteiger partial charge in [0, 0.05) is 17.1 Å². The van der Waals surface area contributed by atoms with E-state index in [4.69, 9.17) is 0 Å². The Labute approximate surface area is 139 Å². The number of H-pyrrole nitrogens is 1. The van der Waals surface area contributed by atoms with Gasteiger partial charge in [-0.1, -0.05) is 36.4 Å². The number of hydrogen-bond donors (Lipinski definition) is 2. The first-order valence-corrected chi connectivity index (χ1v) is 8.79. The highest BCUT2D eigenvalue weighted by atomic mass is 32.2. The van der Waals surface area contributed by atoms with Crippen LogP contribution in [0.25, 0.3) is 10.9 Å². The van der Waals surface area contributed by atoms with E-state index in [1.54, 1.807) is 24.4 Å². The molecule has 0 amide bonds. The molecule has 1 atom stereocenters. The Morgan fingerprint density at radius 1 is 1.08 bits per heavy atom. The molecule has 0 unspecified atom stereocenters. The smallest absolute Gasteiger partial charge is 0.241 e. The highest BCUT2D eigenvalue weighted by Crippen LogP contribution is 2.19. The fraction of sp³-hybridized carbons (Fsp3) is 0.118. The minimum atomic E-state index is -3.94. The molecule has 24 heavy (non-hydrogen) atoms. The van der Waals surface area contributed by atoms with Crippen LogP contribution in [-0.4, -0.2) is 25.4 Å². The zero-order valence-corrected chi connectivity index (χ0v) is 13.4. The molecule has 1 heterocycles. The van der Waals surface area contributed by atoms with Crippen LogP contribution in [0.15, 0.2) is 65.7 Å². The molecule has 2 N–H and O–H groups in total. The van der Waals surface area contributed by atoms with Gasteiger partial charge in [0.05, 0.1) is 16.9 Å². The second-order valence-corrected chi connectivity index (χ2v) is 7.08. The van der Waals surface area contributed by atoms with Gasteiger partial charge in [-0.25, -0.2) is 13.1 Å². The molecular weight excluding hydrogens is 328 g/mol. The molecule has 1 aromatic heterocycles. The van der Waals surface area contributed by atoms with E-state index >= 15 is 0 Å². The molecule has 124 valence electrons. The Hall–Kier alpha value is -2.64. The number of hydrogen-bond acceptors (Lipinski definition) is 4. The first-order valence-electron chi connectivity index (χ1n) is 7.30. The van der Waals surface area contributed by atoms with Crippen molar-refractivity contribution in [3.8, 4) is 0 Å². The highest BCUT2D eigenvalue weighted by molar-refractivity contribution is 7.89. The quantitative estimate of drug-likeness (QED) is 0.691. The molecule has 2 aromatic carbocycles. The number of carbonyl (C=O) groups excluding carboxylic acids is 1. The van der Waals surface area contributed by atoms with Crippen molar-refractivity contribution in [2.75, 3.05) is 0 Å². The molecule has 0 radical (unpaired) electrons. The molecule has 7 heteroatoms. The summed E-state index contributed by atoms with van der Waals surface area (Å²) in [6.45, 7) is 0. The monoisotopic (exact) mass is 343 g/mol. The van der Waals surface area contributed by atoms with Crippen LogP contribution in [0.5, 0.6) is 0 Å². The second kappa shape index (κ2) is 6.46. The summed E-state index contributed by atoms with van der Waals surface area (Å²) < 4.78 is 26.9. The lowest BCUT2D eigenvalue weighted by Crippen LogP contribution is -2.49.